The van der Waals surface area contributed by atoms with Crippen LogP contribution in [0.4, 0.5) is 0 Å². The van der Waals surface area contributed by atoms with Crippen molar-refractivity contribution in [2.75, 3.05) is 0 Å². The third-order valence-electron chi connectivity index (χ3n) is 10.1. The molecule has 46 heavy (non-hydrogen) atoms. The van der Waals surface area contributed by atoms with E-state index in [4.69, 9.17) is 17.3 Å². The number of hydrogen-bond donors (Lipinski definition) is 1. The Kier molecular flexibility index (Phi) is 10.4. The van der Waals surface area contributed by atoms with Gasteiger partial charge in [0.2, 0.25) is 15.9 Å². The highest BCUT2D eigenvalue weighted by Crippen LogP contribution is 2.51. The van der Waals surface area contributed by atoms with Crippen molar-refractivity contribution in [2.24, 2.45) is 34.3 Å². The molecule has 4 rings (SSSR count). The van der Waals surface area contributed by atoms with E-state index in [1.54, 1.807) is 49.4 Å². The van der Waals surface area contributed by atoms with Crippen molar-refractivity contribution in [1.82, 2.24) is 4.31 Å². The summed E-state index contributed by atoms with van der Waals surface area (Å²) in [5.41, 5.74) is 7.31. The van der Waals surface area contributed by atoms with Crippen LogP contribution in [-0.4, -0.2) is 30.5 Å². The monoisotopic (exact) mass is 662 g/mol. The number of rotatable bonds is 11. The molecule has 0 spiro atoms. The van der Waals surface area contributed by atoms with Crippen LogP contribution in [0.15, 0.2) is 95.4 Å². The molecule has 0 bridgehead atoms. The predicted octanol–water partition coefficient (Wildman–Crippen LogP) is 7.95. The van der Waals surface area contributed by atoms with Crippen LogP contribution in [0, 0.1) is 35.5 Å². The van der Waals surface area contributed by atoms with Crippen molar-refractivity contribution in [3.63, 3.8) is 0 Å². The van der Waals surface area contributed by atoms with Crippen molar-refractivity contribution in [3.05, 3.63) is 112 Å². The van der Waals surface area contributed by atoms with Gasteiger partial charge in [-0.1, -0.05) is 127 Å². The van der Waals surface area contributed by atoms with E-state index < -0.39 is 50.7 Å². The van der Waals surface area contributed by atoms with Crippen LogP contribution in [0.2, 0.25) is 5.02 Å². The molecule has 1 aliphatic rings. The number of benzene rings is 3. The molecular formula is C38H47ClN2O4S. The molecule has 6 nitrogen and oxygen atoms in total. The molecule has 5 atom stereocenters. The van der Waals surface area contributed by atoms with Crippen LogP contribution in [0.3, 0.4) is 0 Å². The SMILES string of the molecule is Cc1ccccc1S(=O)(=O)N1C(c2ccc(Cl)cc2)C(C(=O)C(C)C(C)(C(C)C)C(Cc2ccccc2)C(N)=O)=CC1C(C)(C)C. The summed E-state index contributed by atoms with van der Waals surface area (Å²) in [7, 11) is -4.10. The number of sulfonamides is 1. The Balaban J connectivity index is 1.91. The van der Waals surface area contributed by atoms with E-state index in [1.807, 2.05) is 90.9 Å². The van der Waals surface area contributed by atoms with E-state index in [-0.39, 0.29) is 16.6 Å². The normalized spacial score (nSPS) is 20.2. The number of aryl methyl sites for hydroxylation is 1. The van der Waals surface area contributed by atoms with Crippen molar-refractivity contribution in [2.45, 2.75) is 78.8 Å². The van der Waals surface area contributed by atoms with E-state index in [2.05, 4.69) is 0 Å². The van der Waals surface area contributed by atoms with Gasteiger partial charge in [0.25, 0.3) is 0 Å². The summed E-state index contributed by atoms with van der Waals surface area (Å²) in [5, 5.41) is 0.505. The maximum atomic E-state index is 15.0. The van der Waals surface area contributed by atoms with Crippen molar-refractivity contribution >= 4 is 33.3 Å². The van der Waals surface area contributed by atoms with Gasteiger partial charge in [-0.15, -0.1) is 0 Å². The number of Topliss-reactive ketones (excluding diaryl/α,β-unsaturated/α-hetero) is 1. The van der Waals surface area contributed by atoms with Crippen molar-refractivity contribution < 1.29 is 18.0 Å². The summed E-state index contributed by atoms with van der Waals surface area (Å²) in [6, 6.07) is 22.1. The van der Waals surface area contributed by atoms with Crippen molar-refractivity contribution in [1.29, 1.82) is 0 Å². The molecule has 246 valence electrons. The number of amides is 1. The van der Waals surface area contributed by atoms with Crippen LogP contribution < -0.4 is 5.73 Å². The molecule has 0 radical (unpaired) electrons. The topological polar surface area (TPSA) is 97.5 Å². The van der Waals surface area contributed by atoms with Crippen LogP contribution in [0.25, 0.3) is 0 Å². The van der Waals surface area contributed by atoms with Crippen LogP contribution >= 0.6 is 11.6 Å². The second-order valence-corrected chi connectivity index (χ2v) is 16.5. The number of ketones is 1. The van der Waals surface area contributed by atoms with Gasteiger partial charge in [0.1, 0.15) is 0 Å². The maximum absolute atomic E-state index is 15.0. The summed E-state index contributed by atoms with van der Waals surface area (Å²) >= 11 is 6.28. The second-order valence-electron chi connectivity index (χ2n) is 14.2. The molecular weight excluding hydrogens is 616 g/mol. The minimum atomic E-state index is -4.10. The summed E-state index contributed by atoms with van der Waals surface area (Å²) in [4.78, 5) is 28.4. The third-order valence-corrected chi connectivity index (χ3v) is 12.4. The molecule has 1 heterocycles. The lowest BCUT2D eigenvalue weighted by molar-refractivity contribution is -0.134. The van der Waals surface area contributed by atoms with E-state index in [0.29, 0.717) is 28.1 Å². The highest BCUT2D eigenvalue weighted by Gasteiger charge is 2.53. The van der Waals surface area contributed by atoms with Crippen LogP contribution in [0.5, 0.6) is 0 Å². The standard InChI is InChI=1S/C38H47ClN2O4S/c1-24(2)38(8,31(36(40)43)22-27-15-10-9-11-16-27)26(4)35(42)30-23-33(37(5,6)7)41(34(30)28-18-20-29(39)21-19-28)46(44,45)32-17-13-12-14-25(32)3/h9-21,23-24,26,31,33-34H,22H2,1-8H3,(H2,40,43). The molecule has 0 aliphatic carbocycles. The van der Waals surface area contributed by atoms with Gasteiger partial charge in [-0.3, -0.25) is 9.59 Å². The summed E-state index contributed by atoms with van der Waals surface area (Å²) < 4.78 is 30.9. The number of primary amides is 1. The molecule has 0 saturated carbocycles. The van der Waals surface area contributed by atoms with E-state index in [0.717, 1.165) is 5.56 Å². The van der Waals surface area contributed by atoms with Crippen molar-refractivity contribution in [3.8, 4) is 0 Å². The molecule has 0 fully saturated rings. The maximum Gasteiger partial charge on any atom is 0.244 e. The smallest absolute Gasteiger partial charge is 0.244 e. The van der Waals surface area contributed by atoms with Gasteiger partial charge >= 0.3 is 0 Å². The van der Waals surface area contributed by atoms with Crippen LogP contribution in [0.1, 0.15) is 71.2 Å². The number of carbonyl (C=O) groups is 2. The second kappa shape index (κ2) is 13.5. The van der Waals surface area contributed by atoms with Crippen LogP contribution in [-0.2, 0) is 26.0 Å². The fourth-order valence-electron chi connectivity index (χ4n) is 6.91. The molecule has 0 aromatic heterocycles. The largest absolute Gasteiger partial charge is 0.369 e. The van der Waals surface area contributed by atoms with Gasteiger partial charge in [0.05, 0.1) is 10.9 Å². The average molecular weight is 663 g/mol. The predicted molar refractivity (Wildman–Crippen MR) is 186 cm³/mol. The Morgan fingerprint density at radius 2 is 1.46 bits per heavy atom. The third kappa shape index (κ3) is 6.73. The molecule has 5 unspecified atom stereocenters. The van der Waals surface area contributed by atoms with E-state index in [1.165, 1.54) is 4.31 Å². The lowest BCUT2D eigenvalue weighted by Gasteiger charge is -2.44. The minimum Gasteiger partial charge on any atom is -0.369 e. The molecule has 3 aromatic rings. The zero-order chi connectivity index (χ0) is 34.2. The van der Waals surface area contributed by atoms with E-state index >= 15 is 4.79 Å². The number of nitrogens with two attached hydrogens (primary N) is 1. The zero-order valence-electron chi connectivity index (χ0n) is 28.1. The van der Waals surface area contributed by atoms with Gasteiger partial charge in [0, 0.05) is 28.5 Å². The summed E-state index contributed by atoms with van der Waals surface area (Å²) in [6.07, 6.45) is 2.23. The summed E-state index contributed by atoms with van der Waals surface area (Å²) in [5.74, 6) is -2.08. The molecule has 1 amide bonds. The van der Waals surface area contributed by atoms with Gasteiger partial charge in [0.15, 0.2) is 5.78 Å². The Morgan fingerprint density at radius 1 is 0.891 bits per heavy atom. The first-order valence-electron chi connectivity index (χ1n) is 15.9. The first-order valence-corrected chi connectivity index (χ1v) is 17.7. The fraction of sp³-hybridized carbons (Fsp3) is 0.421. The Morgan fingerprint density at radius 3 is 1.98 bits per heavy atom. The number of carbonyl (C=O) groups excluding carboxylic acids is 2. The molecule has 0 saturated heterocycles. The average Bonchev–Trinajstić information content (AvgIpc) is 3.42. The Hall–Kier alpha value is -3.26. The minimum absolute atomic E-state index is 0.103. The number of halogens is 1. The lowest BCUT2D eigenvalue weighted by atomic mass is 9.58. The van der Waals surface area contributed by atoms with Gasteiger partial charge in [-0.2, -0.15) is 4.31 Å². The summed E-state index contributed by atoms with van der Waals surface area (Å²) in [6.45, 7) is 15.6. The van der Waals surface area contributed by atoms with E-state index in [9.17, 15) is 13.2 Å². The lowest BCUT2D eigenvalue weighted by Crippen LogP contribution is -2.49. The van der Waals surface area contributed by atoms with Gasteiger partial charge in [-0.05, 0) is 65.0 Å². The number of hydrogen-bond acceptors (Lipinski definition) is 4. The Bertz CT molecular complexity index is 1710. The number of nitrogens with zero attached hydrogens (tertiary/aromatic N) is 1. The molecule has 8 heteroatoms. The highest BCUT2D eigenvalue weighted by molar-refractivity contribution is 7.89. The highest BCUT2D eigenvalue weighted by atomic mass is 35.5. The first-order chi connectivity index (χ1) is 21.4. The molecule has 2 N–H and O–H groups in total. The van der Waals surface area contributed by atoms with Gasteiger partial charge in [-0.25, -0.2) is 8.42 Å². The quantitative estimate of drug-likeness (QED) is 0.225. The molecule has 1 aliphatic heterocycles. The first kappa shape index (κ1) is 35.6. The Labute approximate surface area is 280 Å². The zero-order valence-corrected chi connectivity index (χ0v) is 29.7. The van der Waals surface area contributed by atoms with Gasteiger partial charge < -0.3 is 5.73 Å². The fourth-order valence-corrected chi connectivity index (χ4v) is 9.18. The molecule has 3 aromatic carbocycles.